The Hall–Kier alpha value is 0.260. The third-order valence-electron chi connectivity index (χ3n) is 2.15. The molecular formula is C11H25NO2S2. The van der Waals surface area contributed by atoms with E-state index in [9.17, 15) is 8.42 Å². The normalized spacial score (nSPS) is 14.3. The van der Waals surface area contributed by atoms with Crippen molar-refractivity contribution < 1.29 is 8.42 Å². The number of rotatable bonds is 9. The molecule has 0 radical (unpaired) electrons. The average Bonchev–Trinajstić information content (AvgIpc) is 2.15. The van der Waals surface area contributed by atoms with Crippen molar-refractivity contribution in [3.05, 3.63) is 0 Å². The fraction of sp³-hybridized carbons (Fsp3) is 1.00. The topological polar surface area (TPSA) is 46.2 Å². The van der Waals surface area contributed by atoms with Gasteiger partial charge >= 0.3 is 0 Å². The van der Waals surface area contributed by atoms with Gasteiger partial charge in [-0.05, 0) is 24.6 Å². The zero-order chi connectivity index (χ0) is 12.6. The van der Waals surface area contributed by atoms with Crippen molar-refractivity contribution >= 4 is 21.6 Å². The molecule has 0 aliphatic carbocycles. The number of sulfone groups is 1. The van der Waals surface area contributed by atoms with E-state index in [4.69, 9.17) is 0 Å². The molecule has 0 aromatic heterocycles. The smallest absolute Gasteiger partial charge is 0.147 e. The van der Waals surface area contributed by atoms with Crippen LogP contribution in [0, 0.1) is 0 Å². The van der Waals surface area contributed by atoms with E-state index in [1.165, 1.54) is 6.26 Å². The molecule has 3 nitrogen and oxygen atoms in total. The number of hydrogen-bond acceptors (Lipinski definition) is 4. The highest BCUT2D eigenvalue weighted by molar-refractivity contribution is 7.99. The van der Waals surface area contributed by atoms with Gasteiger partial charge in [0.25, 0.3) is 0 Å². The molecule has 0 saturated carbocycles. The lowest BCUT2D eigenvalue weighted by molar-refractivity contribution is 0.532. The molecule has 5 heteroatoms. The summed E-state index contributed by atoms with van der Waals surface area (Å²) in [5.41, 5.74) is 0. The van der Waals surface area contributed by atoms with Gasteiger partial charge in [0, 0.05) is 18.1 Å². The Morgan fingerprint density at radius 2 is 1.94 bits per heavy atom. The standard InChI is InChI=1S/C11H25NO2S2/c1-5-7-12-11(9-15-10(2)3)6-8-16(4,13)14/h10-12H,5-9H2,1-4H3. The Kier molecular flexibility index (Phi) is 8.50. The molecule has 1 N–H and O–H groups in total. The molecular weight excluding hydrogens is 242 g/mol. The van der Waals surface area contributed by atoms with Gasteiger partial charge in [-0.15, -0.1) is 0 Å². The van der Waals surface area contributed by atoms with Crippen molar-refractivity contribution in [1.82, 2.24) is 5.32 Å². The van der Waals surface area contributed by atoms with Gasteiger partial charge in [-0.25, -0.2) is 8.42 Å². The van der Waals surface area contributed by atoms with E-state index < -0.39 is 9.84 Å². The fourth-order valence-corrected chi connectivity index (χ4v) is 2.87. The van der Waals surface area contributed by atoms with Gasteiger partial charge < -0.3 is 5.32 Å². The molecule has 0 spiro atoms. The molecule has 0 amide bonds. The lowest BCUT2D eigenvalue weighted by Gasteiger charge is -2.18. The Balaban J connectivity index is 3.99. The first-order valence-electron chi connectivity index (χ1n) is 5.88. The molecule has 0 fully saturated rings. The highest BCUT2D eigenvalue weighted by atomic mass is 32.2. The Morgan fingerprint density at radius 3 is 2.38 bits per heavy atom. The zero-order valence-electron chi connectivity index (χ0n) is 10.8. The van der Waals surface area contributed by atoms with Crippen LogP contribution in [0.4, 0.5) is 0 Å². The van der Waals surface area contributed by atoms with Gasteiger partial charge in [-0.1, -0.05) is 20.8 Å². The van der Waals surface area contributed by atoms with E-state index >= 15 is 0 Å². The molecule has 1 atom stereocenters. The lowest BCUT2D eigenvalue weighted by atomic mass is 10.2. The SMILES string of the molecule is CCCNC(CCS(C)(=O)=O)CSC(C)C. The van der Waals surface area contributed by atoms with Gasteiger partial charge in [0.2, 0.25) is 0 Å². The van der Waals surface area contributed by atoms with Crippen molar-refractivity contribution in [2.75, 3.05) is 24.3 Å². The van der Waals surface area contributed by atoms with Gasteiger partial charge in [0.15, 0.2) is 0 Å². The number of nitrogens with one attached hydrogen (secondary N) is 1. The Morgan fingerprint density at radius 1 is 1.31 bits per heavy atom. The molecule has 1 unspecified atom stereocenters. The summed E-state index contributed by atoms with van der Waals surface area (Å²) >= 11 is 1.88. The quantitative estimate of drug-likeness (QED) is 0.693. The van der Waals surface area contributed by atoms with Crippen molar-refractivity contribution in [2.45, 2.75) is 44.9 Å². The predicted octanol–water partition coefficient (Wildman–Crippen LogP) is 1.93. The lowest BCUT2D eigenvalue weighted by Crippen LogP contribution is -2.34. The zero-order valence-corrected chi connectivity index (χ0v) is 12.5. The summed E-state index contributed by atoms with van der Waals surface area (Å²) < 4.78 is 22.2. The van der Waals surface area contributed by atoms with E-state index in [0.29, 0.717) is 11.3 Å². The minimum absolute atomic E-state index is 0.285. The maximum atomic E-state index is 11.1. The fourth-order valence-electron chi connectivity index (χ4n) is 1.26. The van der Waals surface area contributed by atoms with Crippen LogP contribution in [-0.2, 0) is 9.84 Å². The van der Waals surface area contributed by atoms with Gasteiger partial charge in [-0.2, -0.15) is 11.8 Å². The summed E-state index contributed by atoms with van der Waals surface area (Å²) in [6.07, 6.45) is 3.11. The minimum Gasteiger partial charge on any atom is -0.313 e. The van der Waals surface area contributed by atoms with E-state index in [1.54, 1.807) is 0 Å². The van der Waals surface area contributed by atoms with E-state index in [1.807, 2.05) is 11.8 Å². The molecule has 16 heavy (non-hydrogen) atoms. The van der Waals surface area contributed by atoms with E-state index in [0.717, 1.165) is 25.1 Å². The molecule has 0 aromatic rings. The molecule has 0 bridgehead atoms. The molecule has 98 valence electrons. The summed E-state index contributed by atoms with van der Waals surface area (Å²) in [5, 5.41) is 4.01. The maximum Gasteiger partial charge on any atom is 0.147 e. The van der Waals surface area contributed by atoms with Crippen LogP contribution >= 0.6 is 11.8 Å². The van der Waals surface area contributed by atoms with Crippen molar-refractivity contribution in [1.29, 1.82) is 0 Å². The third kappa shape index (κ3) is 10.8. The van der Waals surface area contributed by atoms with Gasteiger partial charge in [-0.3, -0.25) is 0 Å². The first kappa shape index (κ1) is 16.3. The van der Waals surface area contributed by atoms with E-state index in [-0.39, 0.29) is 5.75 Å². The first-order valence-corrected chi connectivity index (χ1v) is 8.98. The van der Waals surface area contributed by atoms with Crippen molar-refractivity contribution in [3.63, 3.8) is 0 Å². The van der Waals surface area contributed by atoms with E-state index in [2.05, 4.69) is 26.1 Å². The highest BCUT2D eigenvalue weighted by Crippen LogP contribution is 2.12. The second-order valence-corrected chi connectivity index (χ2v) is 8.32. The summed E-state index contributed by atoms with van der Waals surface area (Å²) in [6, 6.07) is 0.321. The largest absolute Gasteiger partial charge is 0.313 e. The predicted molar refractivity (Wildman–Crippen MR) is 74.0 cm³/mol. The molecule has 0 aliphatic rings. The van der Waals surface area contributed by atoms with Crippen LogP contribution in [0.3, 0.4) is 0 Å². The van der Waals surface area contributed by atoms with Crippen molar-refractivity contribution in [2.24, 2.45) is 0 Å². The summed E-state index contributed by atoms with van der Waals surface area (Å²) in [4.78, 5) is 0. The van der Waals surface area contributed by atoms with Gasteiger partial charge in [0.05, 0.1) is 5.75 Å². The molecule has 0 aromatic carbocycles. The second-order valence-electron chi connectivity index (χ2n) is 4.45. The second kappa shape index (κ2) is 8.37. The van der Waals surface area contributed by atoms with Crippen LogP contribution in [0.15, 0.2) is 0 Å². The molecule has 0 aliphatic heterocycles. The first-order chi connectivity index (χ1) is 7.35. The summed E-state index contributed by atoms with van der Waals surface area (Å²) in [5.74, 6) is 1.28. The van der Waals surface area contributed by atoms with Crippen LogP contribution in [0.2, 0.25) is 0 Å². The van der Waals surface area contributed by atoms with Crippen LogP contribution < -0.4 is 5.32 Å². The van der Waals surface area contributed by atoms with Gasteiger partial charge in [0.1, 0.15) is 9.84 Å². The molecule has 0 heterocycles. The molecule has 0 saturated heterocycles. The van der Waals surface area contributed by atoms with Crippen molar-refractivity contribution in [3.8, 4) is 0 Å². The Bertz CT molecular complexity index is 263. The van der Waals surface area contributed by atoms with Crippen LogP contribution in [-0.4, -0.2) is 44.0 Å². The highest BCUT2D eigenvalue weighted by Gasteiger charge is 2.12. The summed E-state index contributed by atoms with van der Waals surface area (Å²) in [7, 11) is -2.83. The Labute approximate surface area is 105 Å². The monoisotopic (exact) mass is 267 g/mol. The van der Waals surface area contributed by atoms with Crippen LogP contribution in [0.1, 0.15) is 33.6 Å². The minimum atomic E-state index is -2.83. The van der Waals surface area contributed by atoms with Crippen LogP contribution in [0.25, 0.3) is 0 Å². The number of hydrogen-bond donors (Lipinski definition) is 1. The molecule has 0 rings (SSSR count). The van der Waals surface area contributed by atoms with Crippen LogP contribution in [0.5, 0.6) is 0 Å². The maximum absolute atomic E-state index is 11.1. The summed E-state index contributed by atoms with van der Waals surface area (Å²) in [6.45, 7) is 7.42. The average molecular weight is 267 g/mol. The third-order valence-corrected chi connectivity index (χ3v) is 4.39. The number of thioether (sulfide) groups is 1.